The van der Waals surface area contributed by atoms with Gasteiger partial charge in [-0.3, -0.25) is 4.79 Å². The van der Waals surface area contributed by atoms with Crippen molar-refractivity contribution in [2.24, 2.45) is 5.92 Å². The quantitative estimate of drug-likeness (QED) is 0.443. The van der Waals surface area contributed by atoms with Gasteiger partial charge in [-0.15, -0.1) is 0 Å². The third kappa shape index (κ3) is 4.33. The Balaban J connectivity index is 3.51. The number of rotatable bonds is 2. The highest BCUT2D eigenvalue weighted by Gasteiger charge is 2.06. The first-order valence-corrected chi connectivity index (χ1v) is 3.54. The molecule has 0 aromatic heterocycles. The number of hydrogen-bond acceptors (Lipinski definition) is 2. The number of amides is 1. The highest BCUT2D eigenvalue weighted by atomic mass is 32.1. The normalized spacial score (nSPS) is 13.4. The summed E-state index contributed by atoms with van der Waals surface area (Å²) in [6.45, 7) is 5.53. The monoisotopic (exact) mass is 147 g/mol. The average Bonchev–Trinajstić information content (AvgIpc) is 1.63. The van der Waals surface area contributed by atoms with Gasteiger partial charge in [0.2, 0.25) is 5.91 Å². The van der Waals surface area contributed by atoms with Crippen LogP contribution in [0.5, 0.6) is 0 Å². The van der Waals surface area contributed by atoms with E-state index < -0.39 is 0 Å². The highest BCUT2D eigenvalue weighted by molar-refractivity contribution is 7.80. The second-order valence-electron chi connectivity index (χ2n) is 2.34. The van der Waals surface area contributed by atoms with Gasteiger partial charge < -0.3 is 5.32 Å². The van der Waals surface area contributed by atoms with Crippen LogP contribution in [0, 0.1) is 5.92 Å². The third-order valence-corrected chi connectivity index (χ3v) is 1.00. The van der Waals surface area contributed by atoms with Crippen molar-refractivity contribution in [2.75, 3.05) is 0 Å². The zero-order valence-electron chi connectivity index (χ0n) is 6.01. The molecule has 2 nitrogen and oxygen atoms in total. The summed E-state index contributed by atoms with van der Waals surface area (Å²) in [6.07, 6.45) is 0. The van der Waals surface area contributed by atoms with E-state index in [4.69, 9.17) is 0 Å². The van der Waals surface area contributed by atoms with E-state index in [1.807, 2.05) is 20.8 Å². The van der Waals surface area contributed by atoms with Crippen LogP contribution >= 0.6 is 12.6 Å². The van der Waals surface area contributed by atoms with Gasteiger partial charge in [-0.1, -0.05) is 13.8 Å². The standard InChI is InChI=1S/C6H13NOS/c1-4(2)6(8)7-5(3)9/h4-5,9H,1-3H3,(H,7,8)/t5-/m0/s1. The minimum absolute atomic E-state index is 0.0418. The van der Waals surface area contributed by atoms with Crippen molar-refractivity contribution in [3.63, 3.8) is 0 Å². The molecule has 1 N–H and O–H groups in total. The lowest BCUT2D eigenvalue weighted by molar-refractivity contribution is -0.124. The maximum absolute atomic E-state index is 10.8. The Morgan fingerprint density at radius 1 is 1.44 bits per heavy atom. The molecular weight excluding hydrogens is 134 g/mol. The molecule has 0 unspecified atom stereocenters. The minimum atomic E-state index is -0.0418. The molecule has 54 valence electrons. The lowest BCUT2D eigenvalue weighted by Gasteiger charge is -2.08. The summed E-state index contributed by atoms with van der Waals surface area (Å²) in [4.78, 5) is 10.8. The van der Waals surface area contributed by atoms with Gasteiger partial charge in [-0.05, 0) is 6.92 Å². The summed E-state index contributed by atoms with van der Waals surface area (Å²) in [5, 5.41) is 2.63. The van der Waals surface area contributed by atoms with Crippen LogP contribution in [0.15, 0.2) is 0 Å². The Morgan fingerprint density at radius 3 is 2.00 bits per heavy atom. The van der Waals surface area contributed by atoms with Crippen molar-refractivity contribution >= 4 is 18.5 Å². The van der Waals surface area contributed by atoms with Crippen molar-refractivity contribution in [1.82, 2.24) is 5.32 Å². The van der Waals surface area contributed by atoms with Gasteiger partial charge in [0.1, 0.15) is 0 Å². The molecule has 0 radical (unpaired) electrons. The number of thiol groups is 1. The van der Waals surface area contributed by atoms with Gasteiger partial charge in [0, 0.05) is 5.92 Å². The van der Waals surface area contributed by atoms with Crippen LogP contribution in [0.1, 0.15) is 20.8 Å². The summed E-state index contributed by atoms with van der Waals surface area (Å²) < 4.78 is 0. The zero-order valence-corrected chi connectivity index (χ0v) is 6.90. The van der Waals surface area contributed by atoms with E-state index in [0.29, 0.717) is 0 Å². The molecule has 0 saturated heterocycles. The summed E-state index contributed by atoms with van der Waals surface area (Å²) in [6, 6.07) is 0. The Kier molecular flexibility index (Phi) is 3.70. The van der Waals surface area contributed by atoms with Crippen molar-refractivity contribution in [3.8, 4) is 0 Å². The SMILES string of the molecule is CC(C)C(=O)N[C@H](C)S. The Labute approximate surface area is 61.4 Å². The van der Waals surface area contributed by atoms with E-state index in [-0.39, 0.29) is 17.2 Å². The van der Waals surface area contributed by atoms with Crippen LogP contribution in [0.25, 0.3) is 0 Å². The first-order valence-electron chi connectivity index (χ1n) is 3.02. The fraction of sp³-hybridized carbons (Fsp3) is 0.833. The molecule has 0 bridgehead atoms. The van der Waals surface area contributed by atoms with Crippen molar-refractivity contribution in [1.29, 1.82) is 0 Å². The number of carbonyl (C=O) groups is 1. The minimum Gasteiger partial charge on any atom is -0.345 e. The summed E-state index contributed by atoms with van der Waals surface area (Å²) in [5.74, 6) is 0.108. The van der Waals surface area contributed by atoms with E-state index in [0.717, 1.165) is 0 Å². The molecule has 0 aromatic carbocycles. The van der Waals surface area contributed by atoms with Crippen LogP contribution in [-0.2, 0) is 4.79 Å². The molecule has 1 amide bonds. The second-order valence-corrected chi connectivity index (χ2v) is 3.11. The van der Waals surface area contributed by atoms with E-state index in [1.54, 1.807) is 0 Å². The Hall–Kier alpha value is -0.180. The molecule has 0 fully saturated rings. The van der Waals surface area contributed by atoms with E-state index in [9.17, 15) is 4.79 Å². The Morgan fingerprint density at radius 2 is 1.89 bits per heavy atom. The molecule has 0 aliphatic carbocycles. The van der Waals surface area contributed by atoms with Gasteiger partial charge >= 0.3 is 0 Å². The lowest BCUT2D eigenvalue weighted by atomic mass is 10.2. The van der Waals surface area contributed by atoms with Crippen LogP contribution in [0.4, 0.5) is 0 Å². The molecule has 0 spiro atoms. The van der Waals surface area contributed by atoms with Crippen LogP contribution in [0.3, 0.4) is 0 Å². The van der Waals surface area contributed by atoms with Crippen LogP contribution < -0.4 is 5.32 Å². The van der Waals surface area contributed by atoms with Crippen molar-refractivity contribution in [3.05, 3.63) is 0 Å². The molecule has 0 aliphatic heterocycles. The van der Waals surface area contributed by atoms with E-state index in [1.165, 1.54) is 0 Å². The fourth-order valence-electron chi connectivity index (χ4n) is 0.373. The molecular formula is C6H13NOS. The number of carbonyl (C=O) groups excluding carboxylic acids is 1. The smallest absolute Gasteiger partial charge is 0.223 e. The fourth-order valence-corrected chi connectivity index (χ4v) is 0.500. The summed E-state index contributed by atoms with van der Waals surface area (Å²) >= 11 is 4.00. The third-order valence-electron chi connectivity index (χ3n) is 0.876. The predicted molar refractivity (Wildman–Crippen MR) is 41.4 cm³/mol. The largest absolute Gasteiger partial charge is 0.345 e. The van der Waals surface area contributed by atoms with E-state index >= 15 is 0 Å². The molecule has 0 aliphatic rings. The second kappa shape index (κ2) is 3.77. The molecule has 0 rings (SSSR count). The molecule has 1 atom stereocenters. The molecule has 0 aromatic rings. The first kappa shape index (κ1) is 8.82. The summed E-state index contributed by atoms with van der Waals surface area (Å²) in [5.41, 5.74) is 0. The van der Waals surface area contributed by atoms with Crippen molar-refractivity contribution < 1.29 is 4.79 Å². The number of hydrogen-bond donors (Lipinski definition) is 2. The maximum Gasteiger partial charge on any atom is 0.223 e. The predicted octanol–water partition coefficient (Wildman–Crippen LogP) is 1.03. The van der Waals surface area contributed by atoms with Crippen LogP contribution in [-0.4, -0.2) is 11.3 Å². The first-order chi connectivity index (χ1) is 4.04. The average molecular weight is 147 g/mol. The zero-order chi connectivity index (χ0) is 7.44. The molecule has 9 heavy (non-hydrogen) atoms. The summed E-state index contributed by atoms with van der Waals surface area (Å²) in [7, 11) is 0. The van der Waals surface area contributed by atoms with E-state index in [2.05, 4.69) is 17.9 Å². The van der Waals surface area contributed by atoms with Gasteiger partial charge in [0.25, 0.3) is 0 Å². The van der Waals surface area contributed by atoms with Gasteiger partial charge in [0.15, 0.2) is 0 Å². The van der Waals surface area contributed by atoms with Gasteiger partial charge in [-0.25, -0.2) is 0 Å². The molecule has 3 heteroatoms. The lowest BCUT2D eigenvalue weighted by Crippen LogP contribution is -2.32. The topological polar surface area (TPSA) is 29.1 Å². The maximum atomic E-state index is 10.8. The Bertz CT molecular complexity index is 101. The van der Waals surface area contributed by atoms with Crippen LogP contribution in [0.2, 0.25) is 0 Å². The van der Waals surface area contributed by atoms with Gasteiger partial charge in [-0.2, -0.15) is 12.6 Å². The number of nitrogens with one attached hydrogen (secondary N) is 1. The molecule has 0 heterocycles. The molecule has 0 saturated carbocycles. The highest BCUT2D eigenvalue weighted by Crippen LogP contribution is 1.93. The van der Waals surface area contributed by atoms with Gasteiger partial charge in [0.05, 0.1) is 5.37 Å². The van der Waals surface area contributed by atoms with Crippen molar-refractivity contribution in [2.45, 2.75) is 26.1 Å².